The Morgan fingerprint density at radius 1 is 1.00 bits per heavy atom. The molecule has 0 aliphatic carbocycles. The molecule has 0 aliphatic heterocycles. The molecule has 0 amide bonds. The number of sulfonamides is 1. The molecule has 1 N–H and O–H groups in total. The largest absolute Gasteiger partial charge is 0.492 e. The first-order valence-electron chi connectivity index (χ1n) is 8.40. The van der Waals surface area contributed by atoms with Crippen molar-refractivity contribution < 1.29 is 13.2 Å². The van der Waals surface area contributed by atoms with Crippen LogP contribution in [-0.4, -0.2) is 21.6 Å². The maximum absolute atomic E-state index is 12.3. The van der Waals surface area contributed by atoms with Gasteiger partial charge in [-0.2, -0.15) is 0 Å². The maximum Gasteiger partial charge on any atom is 0.240 e. The zero-order valence-corrected chi connectivity index (χ0v) is 16.4. The molecule has 0 aromatic heterocycles. The molecule has 4 nitrogen and oxygen atoms in total. The van der Waals surface area contributed by atoms with Gasteiger partial charge in [0.2, 0.25) is 10.0 Å². The fourth-order valence-electron chi connectivity index (χ4n) is 2.52. The average molecular weight is 362 g/mol. The lowest BCUT2D eigenvalue weighted by Gasteiger charge is -2.19. The van der Waals surface area contributed by atoms with Crippen molar-refractivity contribution in [2.45, 2.75) is 44.9 Å². The van der Waals surface area contributed by atoms with E-state index in [1.807, 2.05) is 44.2 Å². The van der Waals surface area contributed by atoms with Crippen molar-refractivity contribution in [3.63, 3.8) is 0 Å². The van der Waals surface area contributed by atoms with E-state index in [2.05, 4.69) is 25.5 Å². The molecule has 0 saturated carbocycles. The lowest BCUT2D eigenvalue weighted by Crippen LogP contribution is -2.28. The van der Waals surface area contributed by atoms with Gasteiger partial charge in [0.15, 0.2) is 0 Å². The van der Waals surface area contributed by atoms with Gasteiger partial charge in [0.25, 0.3) is 0 Å². The Kier molecular flexibility index (Phi) is 5.91. The summed E-state index contributed by atoms with van der Waals surface area (Å²) in [4.78, 5) is 0.270. The van der Waals surface area contributed by atoms with E-state index < -0.39 is 10.0 Å². The standard InChI is InChI=1S/C20H27NO3S/c1-15-6-11-19(16(2)14-15)24-13-12-21-25(22,23)18-9-7-17(8-10-18)20(3,4)5/h6-11,14,21H,12-13H2,1-5H3. The van der Waals surface area contributed by atoms with Gasteiger partial charge in [-0.05, 0) is 48.6 Å². The van der Waals surface area contributed by atoms with E-state index in [0.717, 1.165) is 16.9 Å². The number of ether oxygens (including phenoxy) is 1. The smallest absolute Gasteiger partial charge is 0.240 e. The quantitative estimate of drug-likeness (QED) is 0.793. The number of benzene rings is 2. The van der Waals surface area contributed by atoms with Crippen LogP contribution in [0.4, 0.5) is 0 Å². The molecule has 136 valence electrons. The highest BCUT2D eigenvalue weighted by Gasteiger charge is 2.17. The van der Waals surface area contributed by atoms with Gasteiger partial charge in [-0.1, -0.05) is 50.6 Å². The predicted octanol–water partition coefficient (Wildman–Crippen LogP) is 3.96. The predicted molar refractivity (Wildman–Crippen MR) is 102 cm³/mol. The maximum atomic E-state index is 12.3. The molecule has 0 radical (unpaired) electrons. The van der Waals surface area contributed by atoms with Crippen molar-refractivity contribution in [3.8, 4) is 5.75 Å². The van der Waals surface area contributed by atoms with Crippen LogP contribution < -0.4 is 9.46 Å². The van der Waals surface area contributed by atoms with E-state index >= 15 is 0 Å². The third-order valence-corrected chi connectivity index (χ3v) is 5.49. The summed E-state index contributed by atoms with van der Waals surface area (Å²) in [6.45, 7) is 10.8. The molecule has 2 rings (SSSR count). The molecule has 25 heavy (non-hydrogen) atoms. The summed E-state index contributed by atoms with van der Waals surface area (Å²) in [6.07, 6.45) is 0. The van der Waals surface area contributed by atoms with Crippen LogP contribution in [0.5, 0.6) is 5.75 Å². The SMILES string of the molecule is Cc1ccc(OCCNS(=O)(=O)c2ccc(C(C)(C)C)cc2)c(C)c1. The minimum absolute atomic E-state index is 0.00451. The van der Waals surface area contributed by atoms with Crippen molar-refractivity contribution in [1.29, 1.82) is 0 Å². The molecule has 0 spiro atoms. The minimum Gasteiger partial charge on any atom is -0.492 e. The average Bonchev–Trinajstić information content (AvgIpc) is 2.52. The van der Waals surface area contributed by atoms with Crippen LogP contribution in [0.1, 0.15) is 37.5 Å². The van der Waals surface area contributed by atoms with Gasteiger partial charge < -0.3 is 4.74 Å². The van der Waals surface area contributed by atoms with Crippen LogP contribution in [0.3, 0.4) is 0 Å². The van der Waals surface area contributed by atoms with Crippen LogP contribution >= 0.6 is 0 Å². The van der Waals surface area contributed by atoms with E-state index in [9.17, 15) is 8.42 Å². The highest BCUT2D eigenvalue weighted by molar-refractivity contribution is 7.89. The Morgan fingerprint density at radius 2 is 1.64 bits per heavy atom. The van der Waals surface area contributed by atoms with Crippen molar-refractivity contribution in [1.82, 2.24) is 4.72 Å². The van der Waals surface area contributed by atoms with Crippen molar-refractivity contribution in [2.75, 3.05) is 13.2 Å². The second kappa shape index (κ2) is 7.58. The second-order valence-corrected chi connectivity index (χ2v) is 9.06. The molecule has 0 saturated heterocycles. The van der Waals surface area contributed by atoms with Crippen molar-refractivity contribution >= 4 is 10.0 Å². The van der Waals surface area contributed by atoms with Gasteiger partial charge in [0.1, 0.15) is 12.4 Å². The molecular weight excluding hydrogens is 334 g/mol. The second-order valence-electron chi connectivity index (χ2n) is 7.29. The van der Waals surface area contributed by atoms with Crippen LogP contribution in [0.2, 0.25) is 0 Å². The monoisotopic (exact) mass is 361 g/mol. The number of rotatable bonds is 6. The zero-order chi connectivity index (χ0) is 18.7. The Bertz CT molecular complexity index is 819. The van der Waals surface area contributed by atoms with E-state index in [0.29, 0.717) is 0 Å². The molecular formula is C20H27NO3S. The summed E-state index contributed by atoms with van der Waals surface area (Å²) in [7, 11) is -3.52. The van der Waals surface area contributed by atoms with E-state index in [-0.39, 0.29) is 23.5 Å². The van der Waals surface area contributed by atoms with Crippen molar-refractivity contribution in [2.24, 2.45) is 0 Å². The number of nitrogens with one attached hydrogen (secondary N) is 1. The lowest BCUT2D eigenvalue weighted by atomic mass is 9.87. The Labute approximate surface area is 151 Å². The summed E-state index contributed by atoms with van der Waals surface area (Å²) < 4.78 is 32.9. The van der Waals surface area contributed by atoms with E-state index in [4.69, 9.17) is 4.74 Å². The van der Waals surface area contributed by atoms with Crippen molar-refractivity contribution in [3.05, 3.63) is 59.2 Å². The summed E-state index contributed by atoms with van der Waals surface area (Å²) >= 11 is 0. The Hall–Kier alpha value is -1.85. The van der Waals surface area contributed by atoms with Crippen LogP contribution in [0.25, 0.3) is 0 Å². The molecule has 0 bridgehead atoms. The van der Waals surface area contributed by atoms with Crippen LogP contribution in [0.15, 0.2) is 47.4 Å². The number of hydrogen-bond donors (Lipinski definition) is 1. The summed E-state index contributed by atoms with van der Waals surface area (Å²) in [5.41, 5.74) is 3.31. The van der Waals surface area contributed by atoms with Gasteiger partial charge in [-0.3, -0.25) is 0 Å². The summed E-state index contributed by atoms with van der Waals surface area (Å²) in [5, 5.41) is 0. The molecule has 0 aliphatic rings. The first-order valence-corrected chi connectivity index (χ1v) is 9.88. The van der Waals surface area contributed by atoms with Gasteiger partial charge in [0.05, 0.1) is 4.90 Å². The number of aryl methyl sites for hydroxylation is 2. The normalized spacial score (nSPS) is 12.2. The molecule has 0 unspecified atom stereocenters. The fraction of sp³-hybridized carbons (Fsp3) is 0.400. The molecule has 2 aromatic rings. The minimum atomic E-state index is -3.52. The van der Waals surface area contributed by atoms with Gasteiger partial charge >= 0.3 is 0 Å². The molecule has 0 atom stereocenters. The first kappa shape index (κ1) is 19.5. The zero-order valence-electron chi connectivity index (χ0n) is 15.6. The van der Waals surface area contributed by atoms with Gasteiger partial charge in [-0.25, -0.2) is 13.1 Å². The summed E-state index contributed by atoms with van der Waals surface area (Å²) in [5.74, 6) is 0.777. The Morgan fingerprint density at radius 3 is 2.20 bits per heavy atom. The number of hydrogen-bond acceptors (Lipinski definition) is 3. The summed E-state index contributed by atoms with van der Waals surface area (Å²) in [6, 6.07) is 12.9. The Balaban J connectivity index is 1.93. The van der Waals surface area contributed by atoms with E-state index in [1.165, 1.54) is 5.56 Å². The highest BCUT2D eigenvalue weighted by Crippen LogP contribution is 2.23. The van der Waals surface area contributed by atoms with Crippen LogP contribution in [-0.2, 0) is 15.4 Å². The fourth-order valence-corrected chi connectivity index (χ4v) is 3.53. The molecule has 2 aromatic carbocycles. The third kappa shape index (κ3) is 5.31. The van der Waals surface area contributed by atoms with Gasteiger partial charge in [-0.15, -0.1) is 0 Å². The molecule has 0 heterocycles. The molecule has 5 heteroatoms. The third-order valence-electron chi connectivity index (χ3n) is 4.01. The first-order chi connectivity index (χ1) is 11.6. The van der Waals surface area contributed by atoms with E-state index in [1.54, 1.807) is 12.1 Å². The van der Waals surface area contributed by atoms with Gasteiger partial charge in [0, 0.05) is 6.54 Å². The highest BCUT2D eigenvalue weighted by atomic mass is 32.2. The lowest BCUT2D eigenvalue weighted by molar-refractivity contribution is 0.320. The topological polar surface area (TPSA) is 55.4 Å². The van der Waals surface area contributed by atoms with Crippen LogP contribution in [0, 0.1) is 13.8 Å². The molecule has 0 fully saturated rings.